The van der Waals surface area contributed by atoms with Crippen molar-refractivity contribution in [2.75, 3.05) is 5.32 Å². The molecule has 7 heteroatoms. The van der Waals surface area contributed by atoms with Crippen LogP contribution in [0.15, 0.2) is 42.5 Å². The third kappa shape index (κ3) is 5.16. The van der Waals surface area contributed by atoms with Crippen LogP contribution in [0.4, 0.5) is 14.5 Å². The van der Waals surface area contributed by atoms with Crippen LogP contribution >= 0.6 is 0 Å². The molecule has 5 nitrogen and oxygen atoms in total. The average Bonchev–Trinajstić information content (AvgIpc) is 2.98. The molecule has 0 bridgehead atoms. The van der Waals surface area contributed by atoms with E-state index in [0.717, 1.165) is 22.7 Å². The summed E-state index contributed by atoms with van der Waals surface area (Å²) in [6, 6.07) is 8.94. The fourth-order valence-corrected chi connectivity index (χ4v) is 2.75. The Kier molecular flexibility index (Phi) is 5.44. The minimum Gasteiger partial charge on any atom is -0.381 e. The van der Waals surface area contributed by atoms with E-state index in [2.05, 4.69) is 20.8 Å². The molecule has 0 saturated heterocycles. The first kappa shape index (κ1) is 19.5. The quantitative estimate of drug-likeness (QED) is 0.572. The van der Waals surface area contributed by atoms with Crippen molar-refractivity contribution in [1.82, 2.24) is 15.5 Å². The van der Waals surface area contributed by atoms with Gasteiger partial charge < -0.3 is 10.6 Å². The number of carbonyl (C=O) groups excluding carboxylic acids is 1. The first-order chi connectivity index (χ1) is 13.2. The van der Waals surface area contributed by atoms with Crippen LogP contribution in [0.5, 0.6) is 0 Å². The third-order valence-corrected chi connectivity index (χ3v) is 3.90. The first-order valence-corrected chi connectivity index (χ1v) is 8.87. The molecule has 3 N–H and O–H groups in total. The second-order valence-corrected chi connectivity index (χ2v) is 7.57. The largest absolute Gasteiger partial charge is 0.381 e. The summed E-state index contributed by atoms with van der Waals surface area (Å²) >= 11 is 0. The van der Waals surface area contributed by atoms with Crippen LogP contribution in [0, 0.1) is 11.6 Å². The van der Waals surface area contributed by atoms with Crippen LogP contribution in [0.2, 0.25) is 0 Å². The molecule has 0 spiro atoms. The van der Waals surface area contributed by atoms with Crippen molar-refractivity contribution in [3.05, 3.63) is 65.4 Å². The van der Waals surface area contributed by atoms with Crippen molar-refractivity contribution >= 4 is 28.6 Å². The van der Waals surface area contributed by atoms with Gasteiger partial charge in [-0.1, -0.05) is 0 Å². The molecular formula is C21H22F2N4O. The number of H-pyrrole nitrogens is 1. The van der Waals surface area contributed by atoms with E-state index in [9.17, 15) is 13.6 Å². The van der Waals surface area contributed by atoms with Gasteiger partial charge in [0.05, 0.1) is 11.2 Å². The second kappa shape index (κ2) is 7.80. The average molecular weight is 384 g/mol. The topological polar surface area (TPSA) is 69.8 Å². The van der Waals surface area contributed by atoms with Gasteiger partial charge in [-0.15, -0.1) is 0 Å². The minimum atomic E-state index is -0.608. The van der Waals surface area contributed by atoms with Gasteiger partial charge in [-0.05, 0) is 62.7 Å². The number of anilines is 1. The lowest BCUT2D eigenvalue weighted by molar-refractivity contribution is -0.117. The van der Waals surface area contributed by atoms with Gasteiger partial charge in [0.2, 0.25) is 5.91 Å². The molecular weight excluding hydrogens is 362 g/mol. The highest BCUT2D eigenvalue weighted by molar-refractivity contribution is 5.96. The summed E-state index contributed by atoms with van der Waals surface area (Å²) in [4.78, 5) is 12.0. The number of nitrogens with zero attached hydrogens (tertiary/aromatic N) is 1. The summed E-state index contributed by atoms with van der Waals surface area (Å²) in [5.41, 5.74) is 2.40. The van der Waals surface area contributed by atoms with Crippen molar-refractivity contribution in [2.24, 2.45) is 0 Å². The maximum Gasteiger partial charge on any atom is 0.244 e. The zero-order valence-corrected chi connectivity index (χ0v) is 15.9. The van der Waals surface area contributed by atoms with Crippen molar-refractivity contribution in [1.29, 1.82) is 0 Å². The Hall–Kier alpha value is -3.22. The SMILES string of the molecule is CC(C)(C)NC(=O)/C=C/c1[nH]nc2ccc(NCc3cc(F)cc(F)c3)cc12. The van der Waals surface area contributed by atoms with Crippen LogP contribution in [0.3, 0.4) is 0 Å². The fourth-order valence-electron chi connectivity index (χ4n) is 2.75. The van der Waals surface area contributed by atoms with Crippen molar-refractivity contribution in [2.45, 2.75) is 32.9 Å². The number of fused-ring (bicyclic) bond motifs is 1. The molecule has 0 radical (unpaired) electrons. The van der Waals surface area contributed by atoms with Gasteiger partial charge in [-0.2, -0.15) is 5.10 Å². The van der Waals surface area contributed by atoms with Crippen LogP contribution in [-0.4, -0.2) is 21.6 Å². The molecule has 28 heavy (non-hydrogen) atoms. The molecule has 3 aromatic rings. The minimum absolute atomic E-state index is 0.197. The Bertz CT molecular complexity index is 1010. The zero-order chi connectivity index (χ0) is 20.3. The Labute approximate surface area is 161 Å². The Morgan fingerprint density at radius 2 is 1.86 bits per heavy atom. The first-order valence-electron chi connectivity index (χ1n) is 8.87. The van der Waals surface area contributed by atoms with Crippen molar-refractivity contribution < 1.29 is 13.6 Å². The van der Waals surface area contributed by atoms with E-state index in [4.69, 9.17) is 0 Å². The summed E-state index contributed by atoms with van der Waals surface area (Å²) in [6.45, 7) is 6.00. The van der Waals surface area contributed by atoms with Crippen LogP contribution in [0.1, 0.15) is 32.0 Å². The van der Waals surface area contributed by atoms with Crippen molar-refractivity contribution in [3.63, 3.8) is 0 Å². The standard InChI is InChI=1S/C21H22F2N4O/c1-21(2,3)25-20(28)7-6-19-17-11-16(4-5-18(17)26-27-19)24-12-13-8-14(22)10-15(23)9-13/h4-11,24H,12H2,1-3H3,(H,25,28)(H,26,27)/b7-6+. The lowest BCUT2D eigenvalue weighted by Crippen LogP contribution is -2.39. The summed E-state index contributed by atoms with van der Waals surface area (Å²) in [5, 5.41) is 13.9. The van der Waals surface area contributed by atoms with Crippen molar-refractivity contribution in [3.8, 4) is 0 Å². The lowest BCUT2D eigenvalue weighted by Gasteiger charge is -2.18. The fraction of sp³-hybridized carbons (Fsp3) is 0.238. The molecule has 1 aromatic heterocycles. The summed E-state index contributed by atoms with van der Waals surface area (Å²) < 4.78 is 26.6. The number of nitrogens with one attached hydrogen (secondary N) is 3. The van der Waals surface area contributed by atoms with Gasteiger partial charge in [0.15, 0.2) is 0 Å². The number of aromatic nitrogens is 2. The van der Waals surface area contributed by atoms with E-state index in [1.165, 1.54) is 18.2 Å². The van der Waals surface area contributed by atoms with Crippen LogP contribution in [0.25, 0.3) is 17.0 Å². The van der Waals surface area contributed by atoms with E-state index >= 15 is 0 Å². The lowest BCUT2D eigenvalue weighted by atomic mass is 10.1. The molecule has 3 rings (SSSR count). The normalized spacial score (nSPS) is 11.9. The summed E-state index contributed by atoms with van der Waals surface area (Å²) in [6.07, 6.45) is 3.12. The monoisotopic (exact) mass is 384 g/mol. The molecule has 0 aliphatic carbocycles. The number of rotatable bonds is 5. The highest BCUT2D eigenvalue weighted by atomic mass is 19.1. The van der Waals surface area contributed by atoms with Crippen LogP contribution in [-0.2, 0) is 11.3 Å². The van der Waals surface area contributed by atoms with Gasteiger partial charge in [-0.25, -0.2) is 8.78 Å². The second-order valence-electron chi connectivity index (χ2n) is 7.57. The van der Waals surface area contributed by atoms with E-state index in [1.54, 1.807) is 6.08 Å². The molecule has 1 heterocycles. The molecule has 0 unspecified atom stereocenters. The molecule has 0 aliphatic heterocycles. The number of hydrogen-bond donors (Lipinski definition) is 3. The molecule has 2 aromatic carbocycles. The van der Waals surface area contributed by atoms with Gasteiger partial charge in [-0.3, -0.25) is 9.89 Å². The molecule has 0 atom stereocenters. The molecule has 0 fully saturated rings. The third-order valence-electron chi connectivity index (χ3n) is 3.90. The molecule has 146 valence electrons. The number of benzene rings is 2. The van der Waals surface area contributed by atoms with E-state index in [-0.39, 0.29) is 18.0 Å². The summed E-state index contributed by atoms with van der Waals surface area (Å²) in [7, 11) is 0. The Balaban J connectivity index is 1.75. The predicted molar refractivity (Wildman–Crippen MR) is 107 cm³/mol. The smallest absolute Gasteiger partial charge is 0.244 e. The maximum absolute atomic E-state index is 13.3. The number of hydrogen-bond acceptors (Lipinski definition) is 3. The molecule has 0 aliphatic rings. The highest BCUT2D eigenvalue weighted by Crippen LogP contribution is 2.22. The van der Waals surface area contributed by atoms with E-state index in [0.29, 0.717) is 11.3 Å². The van der Waals surface area contributed by atoms with Gasteiger partial charge in [0.1, 0.15) is 11.6 Å². The van der Waals surface area contributed by atoms with Gasteiger partial charge in [0, 0.05) is 35.3 Å². The highest BCUT2D eigenvalue weighted by Gasteiger charge is 2.12. The summed E-state index contributed by atoms with van der Waals surface area (Å²) in [5.74, 6) is -1.41. The number of amides is 1. The number of carbonyl (C=O) groups is 1. The number of aromatic amines is 1. The van der Waals surface area contributed by atoms with E-state index in [1.807, 2.05) is 39.0 Å². The number of halogens is 2. The molecule has 1 amide bonds. The van der Waals surface area contributed by atoms with Gasteiger partial charge >= 0.3 is 0 Å². The van der Waals surface area contributed by atoms with E-state index < -0.39 is 11.6 Å². The Morgan fingerprint density at radius 1 is 1.14 bits per heavy atom. The predicted octanol–water partition coefficient (Wildman–Crippen LogP) is 4.38. The van der Waals surface area contributed by atoms with Crippen LogP contribution < -0.4 is 10.6 Å². The Morgan fingerprint density at radius 3 is 2.54 bits per heavy atom. The molecule has 0 saturated carbocycles. The maximum atomic E-state index is 13.3. The zero-order valence-electron chi connectivity index (χ0n) is 15.9. The van der Waals surface area contributed by atoms with Gasteiger partial charge in [0.25, 0.3) is 0 Å².